The van der Waals surface area contributed by atoms with Crippen LogP contribution in [0.25, 0.3) is 0 Å². The molecular formula is C13H27NO2. The minimum Gasteiger partial charge on any atom is -0.469 e. The Kier molecular flexibility index (Phi) is 8.26. The highest BCUT2D eigenvalue weighted by Gasteiger charge is 2.18. The fraction of sp³-hybridized carbons (Fsp3) is 0.923. The van der Waals surface area contributed by atoms with Crippen LogP contribution in [0.4, 0.5) is 0 Å². The number of carbonyl (C=O) groups excluding carboxylic acids is 1. The van der Waals surface area contributed by atoms with Gasteiger partial charge in [0.25, 0.3) is 0 Å². The van der Waals surface area contributed by atoms with Gasteiger partial charge >= 0.3 is 5.97 Å². The third-order valence-electron chi connectivity index (χ3n) is 2.89. The molecule has 0 saturated carbocycles. The second kappa shape index (κ2) is 8.57. The lowest BCUT2D eigenvalue weighted by molar-refractivity contribution is -0.145. The number of esters is 1. The third-order valence-corrected chi connectivity index (χ3v) is 2.89. The maximum atomic E-state index is 11.4. The topological polar surface area (TPSA) is 29.5 Å². The molecule has 0 fully saturated rings. The molecule has 3 heteroatoms. The summed E-state index contributed by atoms with van der Waals surface area (Å²) >= 11 is 0. The first-order valence-corrected chi connectivity index (χ1v) is 6.34. The fourth-order valence-corrected chi connectivity index (χ4v) is 1.75. The smallest absolute Gasteiger partial charge is 0.309 e. The summed E-state index contributed by atoms with van der Waals surface area (Å²) in [6.07, 6.45) is 3.71. The molecule has 0 aliphatic carbocycles. The van der Waals surface area contributed by atoms with Crippen LogP contribution in [0.3, 0.4) is 0 Å². The zero-order chi connectivity index (χ0) is 12.6. The van der Waals surface area contributed by atoms with Crippen molar-refractivity contribution in [3.05, 3.63) is 0 Å². The molecule has 1 atom stereocenters. The van der Waals surface area contributed by atoms with Crippen molar-refractivity contribution in [1.82, 2.24) is 4.90 Å². The molecule has 16 heavy (non-hydrogen) atoms. The van der Waals surface area contributed by atoms with E-state index in [4.69, 9.17) is 4.74 Å². The third kappa shape index (κ3) is 6.11. The van der Waals surface area contributed by atoms with E-state index in [0.29, 0.717) is 6.04 Å². The second-order valence-corrected chi connectivity index (χ2v) is 4.72. The van der Waals surface area contributed by atoms with Gasteiger partial charge in [0.15, 0.2) is 0 Å². The largest absolute Gasteiger partial charge is 0.469 e. The predicted octanol–water partition coefficient (Wildman–Crippen LogP) is 2.70. The normalized spacial score (nSPS) is 13.2. The quantitative estimate of drug-likeness (QED) is 0.473. The Bertz CT molecular complexity index is 192. The minimum atomic E-state index is -0.110. The van der Waals surface area contributed by atoms with Gasteiger partial charge in [-0.2, -0.15) is 0 Å². The second-order valence-electron chi connectivity index (χ2n) is 4.72. The molecule has 0 spiro atoms. The molecule has 96 valence electrons. The lowest BCUT2D eigenvalue weighted by Gasteiger charge is -2.28. The highest BCUT2D eigenvalue weighted by Crippen LogP contribution is 2.08. The molecule has 0 aromatic carbocycles. The van der Waals surface area contributed by atoms with E-state index in [1.165, 1.54) is 26.4 Å². The zero-order valence-corrected chi connectivity index (χ0v) is 11.5. The minimum absolute atomic E-state index is 0.0333. The van der Waals surface area contributed by atoms with Crippen molar-refractivity contribution < 1.29 is 9.53 Å². The summed E-state index contributed by atoms with van der Waals surface area (Å²) < 4.78 is 4.75. The summed E-state index contributed by atoms with van der Waals surface area (Å²) in [7, 11) is 1.45. The van der Waals surface area contributed by atoms with Gasteiger partial charge in [-0.15, -0.1) is 0 Å². The van der Waals surface area contributed by atoms with Crippen LogP contribution >= 0.6 is 0 Å². The number of methoxy groups -OCH3 is 1. The zero-order valence-electron chi connectivity index (χ0n) is 11.5. The van der Waals surface area contributed by atoms with Gasteiger partial charge < -0.3 is 9.64 Å². The summed E-state index contributed by atoms with van der Waals surface area (Å²) in [6, 6.07) is 0.490. The fourth-order valence-electron chi connectivity index (χ4n) is 1.75. The number of rotatable bonds is 8. The maximum Gasteiger partial charge on any atom is 0.309 e. The van der Waals surface area contributed by atoms with E-state index in [1.807, 2.05) is 6.92 Å². The Morgan fingerprint density at radius 2 is 1.88 bits per heavy atom. The molecule has 3 nitrogen and oxygen atoms in total. The van der Waals surface area contributed by atoms with Crippen LogP contribution in [0, 0.1) is 5.92 Å². The lowest BCUT2D eigenvalue weighted by Crippen LogP contribution is -2.37. The molecule has 0 aliphatic heterocycles. The van der Waals surface area contributed by atoms with E-state index in [1.54, 1.807) is 0 Å². The van der Waals surface area contributed by atoms with Crippen molar-refractivity contribution in [2.75, 3.05) is 20.2 Å². The van der Waals surface area contributed by atoms with E-state index in [2.05, 4.69) is 25.7 Å². The lowest BCUT2D eigenvalue weighted by atomic mass is 10.1. The van der Waals surface area contributed by atoms with E-state index in [0.717, 1.165) is 13.1 Å². The molecule has 0 bridgehead atoms. The number of hydrogen-bond acceptors (Lipinski definition) is 3. The van der Waals surface area contributed by atoms with Crippen molar-refractivity contribution in [3.63, 3.8) is 0 Å². The number of ether oxygens (including phenoxy) is 1. The first-order valence-electron chi connectivity index (χ1n) is 6.34. The van der Waals surface area contributed by atoms with Crippen molar-refractivity contribution in [2.45, 2.75) is 53.0 Å². The molecule has 0 radical (unpaired) electrons. The monoisotopic (exact) mass is 229 g/mol. The Balaban J connectivity index is 4.06. The van der Waals surface area contributed by atoms with Crippen molar-refractivity contribution in [1.29, 1.82) is 0 Å². The van der Waals surface area contributed by atoms with Crippen LogP contribution < -0.4 is 0 Å². The SMILES string of the molecule is CCCCCN(CC(C)C(=O)OC)C(C)C. The molecule has 0 aromatic rings. The highest BCUT2D eigenvalue weighted by atomic mass is 16.5. The number of unbranched alkanes of at least 4 members (excludes halogenated alkanes) is 2. The first-order chi connectivity index (χ1) is 7.52. The van der Waals surface area contributed by atoms with Crippen LogP contribution in [0.5, 0.6) is 0 Å². The summed E-state index contributed by atoms with van der Waals surface area (Å²) in [5, 5.41) is 0. The van der Waals surface area contributed by atoms with Crippen molar-refractivity contribution >= 4 is 5.97 Å². The molecule has 0 aromatic heterocycles. The van der Waals surface area contributed by atoms with E-state index < -0.39 is 0 Å². The molecule has 0 N–H and O–H groups in total. The number of nitrogens with zero attached hydrogens (tertiary/aromatic N) is 1. The number of hydrogen-bond donors (Lipinski definition) is 0. The van der Waals surface area contributed by atoms with Gasteiger partial charge in [-0.3, -0.25) is 4.79 Å². The maximum absolute atomic E-state index is 11.4. The van der Waals surface area contributed by atoms with Gasteiger partial charge in [-0.05, 0) is 26.8 Å². The van der Waals surface area contributed by atoms with Crippen molar-refractivity contribution in [2.24, 2.45) is 5.92 Å². The van der Waals surface area contributed by atoms with Crippen LogP contribution in [0.1, 0.15) is 47.0 Å². The van der Waals surface area contributed by atoms with E-state index in [-0.39, 0.29) is 11.9 Å². The summed E-state index contributed by atoms with van der Waals surface area (Å²) in [4.78, 5) is 13.7. The summed E-state index contributed by atoms with van der Waals surface area (Å²) in [5.74, 6) is -0.143. The standard InChI is InChI=1S/C13H27NO2/c1-6-7-8-9-14(11(2)3)10-12(4)13(15)16-5/h11-12H,6-10H2,1-5H3. The van der Waals surface area contributed by atoms with Gasteiger partial charge in [-0.1, -0.05) is 26.7 Å². The van der Waals surface area contributed by atoms with Gasteiger partial charge in [0.05, 0.1) is 13.0 Å². The van der Waals surface area contributed by atoms with E-state index in [9.17, 15) is 4.79 Å². The van der Waals surface area contributed by atoms with Gasteiger partial charge in [-0.25, -0.2) is 0 Å². The Morgan fingerprint density at radius 1 is 1.25 bits per heavy atom. The molecule has 0 saturated heterocycles. The Morgan fingerprint density at radius 3 is 2.31 bits per heavy atom. The molecule has 0 rings (SSSR count). The van der Waals surface area contributed by atoms with Gasteiger partial charge in [0.2, 0.25) is 0 Å². The van der Waals surface area contributed by atoms with Crippen LogP contribution in [0.2, 0.25) is 0 Å². The number of carbonyl (C=O) groups is 1. The predicted molar refractivity (Wildman–Crippen MR) is 67.4 cm³/mol. The molecule has 0 aliphatic rings. The average molecular weight is 229 g/mol. The summed E-state index contributed by atoms with van der Waals surface area (Å²) in [6.45, 7) is 10.4. The molecular weight excluding hydrogens is 202 g/mol. The molecule has 0 amide bonds. The van der Waals surface area contributed by atoms with Crippen LogP contribution in [-0.4, -0.2) is 37.1 Å². The Labute approximate surface area is 100 Å². The van der Waals surface area contributed by atoms with Crippen LogP contribution in [-0.2, 0) is 9.53 Å². The van der Waals surface area contributed by atoms with Gasteiger partial charge in [0, 0.05) is 12.6 Å². The van der Waals surface area contributed by atoms with Gasteiger partial charge in [0.1, 0.15) is 0 Å². The van der Waals surface area contributed by atoms with Crippen LogP contribution in [0.15, 0.2) is 0 Å². The summed E-state index contributed by atoms with van der Waals surface area (Å²) in [5.41, 5.74) is 0. The molecule has 0 heterocycles. The Hall–Kier alpha value is -0.570. The highest BCUT2D eigenvalue weighted by molar-refractivity contribution is 5.72. The van der Waals surface area contributed by atoms with Crippen molar-refractivity contribution in [3.8, 4) is 0 Å². The average Bonchev–Trinajstić information content (AvgIpc) is 2.26. The molecule has 1 unspecified atom stereocenters. The van der Waals surface area contributed by atoms with E-state index >= 15 is 0 Å². The first kappa shape index (κ1) is 15.4.